The van der Waals surface area contributed by atoms with E-state index in [1.165, 1.54) is 18.3 Å². The summed E-state index contributed by atoms with van der Waals surface area (Å²) in [6.07, 6.45) is 1.20. The van der Waals surface area contributed by atoms with Gasteiger partial charge >= 0.3 is 0 Å². The molecule has 2 rings (SSSR count). The monoisotopic (exact) mass is 288 g/mol. The molecule has 0 aliphatic rings. The van der Waals surface area contributed by atoms with Crippen LogP contribution in [0.2, 0.25) is 0 Å². The summed E-state index contributed by atoms with van der Waals surface area (Å²) in [7, 11) is 0. The lowest BCUT2D eigenvalue weighted by molar-refractivity contribution is -0.385. The van der Waals surface area contributed by atoms with Crippen LogP contribution in [-0.2, 0) is 6.54 Å². The normalized spacial score (nSPS) is 10.1. The van der Waals surface area contributed by atoms with Crippen molar-refractivity contribution in [1.29, 1.82) is 0 Å². The molecule has 0 spiro atoms. The van der Waals surface area contributed by atoms with Gasteiger partial charge in [-0.15, -0.1) is 0 Å². The van der Waals surface area contributed by atoms with Crippen LogP contribution in [0, 0.1) is 27.2 Å². The number of pyridine rings is 1. The molecule has 0 fully saturated rings. The van der Waals surface area contributed by atoms with E-state index in [9.17, 15) is 20.2 Å². The van der Waals surface area contributed by atoms with Crippen molar-refractivity contribution in [3.63, 3.8) is 0 Å². The summed E-state index contributed by atoms with van der Waals surface area (Å²) in [5.74, 6) is 0.511. The largest absolute Gasteiger partial charge is 0.366 e. The molecule has 0 unspecified atom stereocenters. The molecule has 108 valence electrons. The van der Waals surface area contributed by atoms with Gasteiger partial charge in [-0.3, -0.25) is 20.2 Å². The molecular weight excluding hydrogens is 276 g/mol. The van der Waals surface area contributed by atoms with Gasteiger partial charge in [0.15, 0.2) is 0 Å². The fourth-order valence-corrected chi connectivity index (χ4v) is 1.76. The van der Waals surface area contributed by atoms with Crippen LogP contribution < -0.4 is 5.32 Å². The number of benzene rings is 1. The Hall–Kier alpha value is -3.03. The van der Waals surface area contributed by atoms with Crippen molar-refractivity contribution in [2.45, 2.75) is 13.5 Å². The summed E-state index contributed by atoms with van der Waals surface area (Å²) >= 11 is 0. The van der Waals surface area contributed by atoms with E-state index in [4.69, 9.17) is 0 Å². The molecule has 0 amide bonds. The molecular formula is C13H12N4O4. The molecule has 0 radical (unpaired) electrons. The van der Waals surface area contributed by atoms with Crippen molar-refractivity contribution in [3.8, 4) is 0 Å². The number of aromatic nitrogens is 1. The van der Waals surface area contributed by atoms with E-state index in [0.29, 0.717) is 17.9 Å². The highest BCUT2D eigenvalue weighted by Crippen LogP contribution is 2.19. The van der Waals surface area contributed by atoms with Gasteiger partial charge in [-0.1, -0.05) is 12.1 Å². The number of nitro benzene ring substituents is 1. The van der Waals surface area contributed by atoms with Crippen molar-refractivity contribution in [3.05, 3.63) is 67.9 Å². The Kier molecular flexibility index (Phi) is 4.07. The predicted octanol–water partition coefficient (Wildman–Crippen LogP) is 2.82. The minimum Gasteiger partial charge on any atom is -0.366 e. The molecule has 2 aromatic rings. The molecule has 0 atom stereocenters. The highest BCUT2D eigenvalue weighted by Gasteiger charge is 2.11. The Labute approximate surface area is 119 Å². The van der Waals surface area contributed by atoms with Crippen molar-refractivity contribution < 1.29 is 9.85 Å². The Morgan fingerprint density at radius 2 is 1.81 bits per heavy atom. The fraction of sp³-hybridized carbons (Fsp3) is 0.154. The van der Waals surface area contributed by atoms with Gasteiger partial charge in [0, 0.05) is 24.2 Å². The number of nitro groups is 2. The maximum absolute atomic E-state index is 10.7. The van der Waals surface area contributed by atoms with Crippen LogP contribution in [-0.4, -0.2) is 14.8 Å². The highest BCUT2D eigenvalue weighted by atomic mass is 16.6. The van der Waals surface area contributed by atoms with Gasteiger partial charge in [-0.05, 0) is 18.6 Å². The quantitative estimate of drug-likeness (QED) is 0.668. The summed E-state index contributed by atoms with van der Waals surface area (Å²) in [5, 5.41) is 24.2. The van der Waals surface area contributed by atoms with Gasteiger partial charge in [-0.2, -0.15) is 0 Å². The number of non-ortho nitro benzene ring substituents is 1. The Balaban J connectivity index is 2.04. The second kappa shape index (κ2) is 5.95. The van der Waals surface area contributed by atoms with Crippen molar-refractivity contribution in [1.82, 2.24) is 4.98 Å². The van der Waals surface area contributed by atoms with E-state index in [0.717, 1.165) is 5.56 Å². The number of aryl methyl sites for hydroxylation is 1. The summed E-state index contributed by atoms with van der Waals surface area (Å²) in [4.78, 5) is 24.2. The zero-order chi connectivity index (χ0) is 15.4. The number of rotatable bonds is 5. The summed E-state index contributed by atoms with van der Waals surface area (Å²) < 4.78 is 0. The van der Waals surface area contributed by atoms with Gasteiger partial charge in [-0.25, -0.2) is 4.98 Å². The molecule has 0 aliphatic carbocycles. The number of hydrogen-bond acceptors (Lipinski definition) is 6. The zero-order valence-corrected chi connectivity index (χ0v) is 11.1. The van der Waals surface area contributed by atoms with Crippen LogP contribution >= 0.6 is 0 Å². The first-order chi connectivity index (χ1) is 9.97. The average Bonchev–Trinajstić information content (AvgIpc) is 2.45. The molecule has 0 bridgehead atoms. The average molecular weight is 288 g/mol. The highest BCUT2D eigenvalue weighted by molar-refractivity contribution is 5.47. The minimum absolute atomic E-state index is 0.0306. The maximum atomic E-state index is 10.7. The van der Waals surface area contributed by atoms with Gasteiger partial charge in [0.2, 0.25) is 0 Å². The molecule has 1 aromatic heterocycles. The van der Waals surface area contributed by atoms with Crippen LogP contribution in [0.4, 0.5) is 17.2 Å². The topological polar surface area (TPSA) is 111 Å². The summed E-state index contributed by atoms with van der Waals surface area (Å²) in [6, 6.07) is 7.72. The third kappa shape index (κ3) is 3.50. The first kappa shape index (κ1) is 14.4. The van der Waals surface area contributed by atoms with Crippen molar-refractivity contribution in [2.75, 3.05) is 5.32 Å². The molecule has 1 N–H and O–H groups in total. The van der Waals surface area contributed by atoms with Gasteiger partial charge in [0.25, 0.3) is 11.4 Å². The predicted molar refractivity (Wildman–Crippen MR) is 76.1 cm³/mol. The van der Waals surface area contributed by atoms with E-state index >= 15 is 0 Å². The third-order valence-corrected chi connectivity index (χ3v) is 2.90. The minimum atomic E-state index is -0.484. The fourth-order valence-electron chi connectivity index (χ4n) is 1.76. The number of hydrogen-bond donors (Lipinski definition) is 1. The van der Waals surface area contributed by atoms with Crippen LogP contribution in [0.25, 0.3) is 0 Å². The van der Waals surface area contributed by atoms with E-state index in [2.05, 4.69) is 10.3 Å². The Morgan fingerprint density at radius 3 is 2.33 bits per heavy atom. The second-order valence-electron chi connectivity index (χ2n) is 4.39. The lowest BCUT2D eigenvalue weighted by Crippen LogP contribution is -2.03. The molecule has 21 heavy (non-hydrogen) atoms. The van der Waals surface area contributed by atoms with Crippen LogP contribution in [0.5, 0.6) is 0 Å². The molecule has 1 aromatic carbocycles. The lowest BCUT2D eigenvalue weighted by atomic mass is 10.2. The SMILES string of the molecule is Cc1cc(NCc2ccc([N+](=O)[O-])cc2)ncc1[N+](=O)[O-]. The summed E-state index contributed by atoms with van der Waals surface area (Å²) in [6.45, 7) is 2.05. The first-order valence-electron chi connectivity index (χ1n) is 6.05. The molecule has 8 heteroatoms. The third-order valence-electron chi connectivity index (χ3n) is 2.90. The van der Waals surface area contributed by atoms with Crippen LogP contribution in [0.3, 0.4) is 0 Å². The lowest BCUT2D eigenvalue weighted by Gasteiger charge is -2.06. The van der Waals surface area contributed by atoms with Crippen molar-refractivity contribution >= 4 is 17.2 Å². The maximum Gasteiger partial charge on any atom is 0.290 e. The molecule has 8 nitrogen and oxygen atoms in total. The summed E-state index contributed by atoms with van der Waals surface area (Å²) in [5.41, 5.74) is 1.36. The van der Waals surface area contributed by atoms with Crippen LogP contribution in [0.1, 0.15) is 11.1 Å². The van der Waals surface area contributed by atoms with Gasteiger partial charge in [0.1, 0.15) is 12.0 Å². The Morgan fingerprint density at radius 1 is 1.14 bits per heavy atom. The van der Waals surface area contributed by atoms with Gasteiger partial charge < -0.3 is 5.32 Å². The second-order valence-corrected chi connectivity index (χ2v) is 4.39. The number of anilines is 1. The van der Waals surface area contributed by atoms with E-state index in [1.807, 2.05) is 0 Å². The van der Waals surface area contributed by atoms with Crippen LogP contribution in [0.15, 0.2) is 36.5 Å². The molecule has 0 aliphatic heterocycles. The van der Waals surface area contributed by atoms with Crippen molar-refractivity contribution in [2.24, 2.45) is 0 Å². The van der Waals surface area contributed by atoms with E-state index in [-0.39, 0.29) is 11.4 Å². The smallest absolute Gasteiger partial charge is 0.290 e. The standard InChI is InChI=1S/C13H12N4O4/c1-9-6-13(15-8-12(9)17(20)21)14-7-10-2-4-11(5-3-10)16(18)19/h2-6,8H,7H2,1H3,(H,14,15). The first-order valence-corrected chi connectivity index (χ1v) is 6.05. The molecule has 1 heterocycles. The van der Waals surface area contributed by atoms with Gasteiger partial charge in [0.05, 0.1) is 9.85 Å². The molecule has 0 saturated heterocycles. The van der Waals surface area contributed by atoms with E-state index in [1.54, 1.807) is 25.1 Å². The molecule has 0 saturated carbocycles. The zero-order valence-electron chi connectivity index (χ0n) is 11.1. The number of nitrogens with zero attached hydrogens (tertiary/aromatic N) is 3. The van der Waals surface area contributed by atoms with E-state index < -0.39 is 9.85 Å². The number of nitrogens with one attached hydrogen (secondary N) is 1. The Bertz CT molecular complexity index is 685.